The smallest absolute Gasteiger partial charge is 0.356 e. The Morgan fingerprint density at radius 1 is 1.07 bits per heavy atom. The molecule has 0 fully saturated rings. The molecule has 6 nitrogen and oxygen atoms in total. The minimum absolute atomic E-state index is 0.0210. The van der Waals surface area contributed by atoms with Crippen molar-refractivity contribution in [1.82, 2.24) is 0 Å². The van der Waals surface area contributed by atoms with Crippen molar-refractivity contribution in [1.29, 1.82) is 0 Å². The van der Waals surface area contributed by atoms with Gasteiger partial charge in [-0.25, -0.2) is 0 Å². The first-order chi connectivity index (χ1) is 13.8. The maximum atomic E-state index is 13.0. The molecule has 0 spiro atoms. The quantitative estimate of drug-likeness (QED) is 0.346. The fourth-order valence-corrected chi connectivity index (χ4v) is 5.01. The predicted molar refractivity (Wildman–Crippen MR) is 119 cm³/mol. The second-order valence-corrected chi connectivity index (χ2v) is 8.96. The van der Waals surface area contributed by atoms with E-state index in [1.54, 1.807) is 17.4 Å². The first-order valence-electron chi connectivity index (χ1n) is 9.20. The van der Waals surface area contributed by atoms with E-state index in [-0.39, 0.29) is 11.2 Å². The van der Waals surface area contributed by atoms with Crippen molar-refractivity contribution >= 4 is 41.5 Å². The van der Waals surface area contributed by atoms with Crippen LogP contribution in [-0.2, 0) is 17.4 Å². The molecule has 1 aromatic heterocycles. The third-order valence-corrected chi connectivity index (χ3v) is 6.56. The first-order valence-corrected chi connectivity index (χ1v) is 11.8. The molecule has 8 heteroatoms. The van der Waals surface area contributed by atoms with Crippen LogP contribution < -0.4 is 16.4 Å². The summed E-state index contributed by atoms with van der Waals surface area (Å²) in [7, 11) is -4.42. The second kappa shape index (κ2) is 8.51. The third-order valence-electron chi connectivity index (χ3n) is 4.83. The van der Waals surface area contributed by atoms with E-state index >= 15 is 0 Å². The van der Waals surface area contributed by atoms with E-state index in [1.807, 2.05) is 42.8 Å². The minimum atomic E-state index is -4.42. The number of carbonyl (C=O) groups excluding carboxylic acids is 1. The van der Waals surface area contributed by atoms with E-state index < -0.39 is 7.60 Å². The van der Waals surface area contributed by atoms with Crippen LogP contribution in [0, 0.1) is 0 Å². The molecule has 152 valence electrons. The summed E-state index contributed by atoms with van der Waals surface area (Å²) < 4.78 is 11.8. The van der Waals surface area contributed by atoms with E-state index in [4.69, 9.17) is 5.73 Å². The normalized spacial score (nSPS) is 11.4. The molecular weight excluding hydrogens is 407 g/mol. The van der Waals surface area contributed by atoms with E-state index in [1.165, 1.54) is 12.1 Å². The second-order valence-electron chi connectivity index (χ2n) is 6.61. The number of rotatable bonds is 6. The highest BCUT2D eigenvalue weighted by Gasteiger charge is 2.25. The topological polar surface area (TPSA) is 113 Å². The van der Waals surface area contributed by atoms with Crippen LogP contribution in [0.1, 0.15) is 35.3 Å². The number of benzene rings is 2. The molecule has 1 heterocycles. The Balaban J connectivity index is 2.00. The van der Waals surface area contributed by atoms with Crippen LogP contribution in [0.15, 0.2) is 47.2 Å². The van der Waals surface area contributed by atoms with Crippen LogP contribution in [0.2, 0.25) is 0 Å². The molecule has 2 aromatic carbocycles. The number of amides is 1. The molecule has 3 rings (SSSR count). The summed E-state index contributed by atoms with van der Waals surface area (Å²) in [6.07, 6.45) is 0.894. The Hall–Kier alpha value is -2.44. The molecule has 1 amide bonds. The van der Waals surface area contributed by atoms with Crippen LogP contribution in [0.25, 0.3) is 11.1 Å². The summed E-state index contributed by atoms with van der Waals surface area (Å²) in [4.78, 5) is 32.3. The van der Waals surface area contributed by atoms with Gasteiger partial charge in [0.2, 0.25) is 0 Å². The van der Waals surface area contributed by atoms with E-state index in [0.29, 0.717) is 40.9 Å². The minimum Gasteiger partial charge on any atom is -0.397 e. The van der Waals surface area contributed by atoms with Gasteiger partial charge in [0.15, 0.2) is 0 Å². The summed E-state index contributed by atoms with van der Waals surface area (Å²) >= 11 is 1.59. The first kappa shape index (κ1) is 21.3. The van der Waals surface area contributed by atoms with E-state index in [9.17, 15) is 19.1 Å². The molecule has 0 aliphatic rings. The van der Waals surface area contributed by atoms with Crippen molar-refractivity contribution < 1.29 is 19.1 Å². The molecule has 5 N–H and O–H groups in total. The summed E-state index contributed by atoms with van der Waals surface area (Å²) in [5, 5.41) is 6.83. The van der Waals surface area contributed by atoms with Gasteiger partial charge < -0.3 is 20.8 Å². The van der Waals surface area contributed by atoms with Gasteiger partial charge in [-0.05, 0) is 76.2 Å². The van der Waals surface area contributed by atoms with Crippen molar-refractivity contribution in [3.8, 4) is 11.1 Å². The highest BCUT2D eigenvalue weighted by molar-refractivity contribution is 7.60. The molecule has 0 radical (unpaired) electrons. The summed E-state index contributed by atoms with van der Waals surface area (Å²) in [6.45, 7) is 3.68. The molecule has 0 aliphatic carbocycles. The van der Waals surface area contributed by atoms with Gasteiger partial charge in [-0.3, -0.25) is 9.36 Å². The van der Waals surface area contributed by atoms with Crippen LogP contribution in [0.4, 0.5) is 11.4 Å². The van der Waals surface area contributed by atoms with Gasteiger partial charge in [-0.2, -0.15) is 11.3 Å². The van der Waals surface area contributed by atoms with Gasteiger partial charge in [0.25, 0.3) is 5.91 Å². The lowest BCUT2D eigenvalue weighted by atomic mass is 9.96. The van der Waals surface area contributed by atoms with Crippen molar-refractivity contribution in [2.75, 3.05) is 11.1 Å². The van der Waals surface area contributed by atoms with Crippen molar-refractivity contribution in [2.45, 2.75) is 26.7 Å². The third kappa shape index (κ3) is 4.43. The molecule has 0 atom stereocenters. The van der Waals surface area contributed by atoms with Gasteiger partial charge in [-0.1, -0.05) is 19.9 Å². The Bertz CT molecular complexity index is 1090. The zero-order chi connectivity index (χ0) is 21.2. The lowest BCUT2D eigenvalue weighted by molar-refractivity contribution is 0.102. The number of nitrogen functional groups attached to an aromatic ring is 1. The fourth-order valence-electron chi connectivity index (χ4n) is 3.43. The van der Waals surface area contributed by atoms with E-state index in [2.05, 4.69) is 5.32 Å². The Labute approximate surface area is 173 Å². The summed E-state index contributed by atoms with van der Waals surface area (Å²) in [5.41, 5.74) is 10.5. The predicted octanol–water partition coefficient (Wildman–Crippen LogP) is 4.18. The number of anilines is 2. The average Bonchev–Trinajstić information content (AvgIpc) is 3.22. The van der Waals surface area contributed by atoms with Crippen LogP contribution >= 0.6 is 18.9 Å². The van der Waals surface area contributed by atoms with Crippen molar-refractivity contribution in [3.05, 3.63) is 63.8 Å². The van der Waals surface area contributed by atoms with Crippen LogP contribution in [-0.4, -0.2) is 15.7 Å². The van der Waals surface area contributed by atoms with Crippen molar-refractivity contribution in [3.63, 3.8) is 0 Å². The number of carbonyl (C=O) groups is 1. The number of hydrogen-bond acceptors (Lipinski definition) is 4. The van der Waals surface area contributed by atoms with E-state index in [0.717, 1.165) is 11.1 Å². The molecular formula is C21H23N2O4PS. The van der Waals surface area contributed by atoms with Gasteiger partial charge in [0, 0.05) is 5.56 Å². The molecule has 0 saturated carbocycles. The monoisotopic (exact) mass is 430 g/mol. The maximum Gasteiger partial charge on any atom is 0.356 e. The molecule has 3 aromatic rings. The highest BCUT2D eigenvalue weighted by Crippen LogP contribution is 2.37. The number of thiophene rings is 1. The lowest BCUT2D eigenvalue weighted by Gasteiger charge is -2.18. The molecule has 0 unspecified atom stereocenters. The zero-order valence-corrected chi connectivity index (χ0v) is 17.9. The zero-order valence-electron chi connectivity index (χ0n) is 16.2. The molecule has 0 bridgehead atoms. The SMILES string of the molecule is CCc1c(C(=O)Nc2cc(-c3ccsc3)ccc2N)ccc(P(=O)(O)O)c1CC. The lowest BCUT2D eigenvalue weighted by Crippen LogP contribution is -2.21. The Morgan fingerprint density at radius 3 is 2.38 bits per heavy atom. The summed E-state index contributed by atoms with van der Waals surface area (Å²) in [6, 6.07) is 10.3. The standard InChI is InChI=1S/C21H23N2O4PS/c1-3-15-16(4-2)20(28(25,26)27)8-6-17(15)21(24)23-19-11-13(5-7-18(19)22)14-9-10-29-12-14/h5-12H,3-4,22H2,1-2H3,(H,23,24)(H2,25,26,27). The van der Waals surface area contributed by atoms with Crippen LogP contribution in [0.3, 0.4) is 0 Å². The van der Waals surface area contributed by atoms with Gasteiger partial charge in [0.1, 0.15) is 0 Å². The number of nitrogens with two attached hydrogens (primary N) is 1. The van der Waals surface area contributed by atoms with Gasteiger partial charge in [0.05, 0.1) is 16.7 Å². The number of nitrogens with one attached hydrogen (secondary N) is 1. The molecule has 0 aliphatic heterocycles. The van der Waals surface area contributed by atoms with Crippen molar-refractivity contribution in [2.24, 2.45) is 0 Å². The summed E-state index contributed by atoms with van der Waals surface area (Å²) in [5.74, 6) is -0.358. The molecule has 29 heavy (non-hydrogen) atoms. The van der Waals surface area contributed by atoms with Gasteiger partial charge in [-0.15, -0.1) is 0 Å². The fraction of sp³-hybridized carbons (Fsp3) is 0.190. The average molecular weight is 430 g/mol. The molecule has 0 saturated heterocycles. The number of hydrogen-bond donors (Lipinski definition) is 4. The Kier molecular flexibility index (Phi) is 6.24. The maximum absolute atomic E-state index is 13.0. The van der Waals surface area contributed by atoms with Gasteiger partial charge >= 0.3 is 7.60 Å². The largest absolute Gasteiger partial charge is 0.397 e. The Morgan fingerprint density at radius 2 is 1.79 bits per heavy atom. The van der Waals surface area contributed by atoms with Crippen LogP contribution in [0.5, 0.6) is 0 Å². The highest BCUT2D eigenvalue weighted by atomic mass is 32.1.